The molecule has 3 rings (SSSR count). The van der Waals surface area contributed by atoms with Crippen molar-refractivity contribution in [3.05, 3.63) is 65.8 Å². The number of pyridine rings is 1. The fourth-order valence-corrected chi connectivity index (χ4v) is 2.37. The van der Waals surface area contributed by atoms with Crippen molar-refractivity contribution in [2.75, 3.05) is 6.61 Å². The number of ether oxygens (including phenoxy) is 1. The Labute approximate surface area is 129 Å². The predicted octanol–water partition coefficient (Wildman–Crippen LogP) is 3.97. The minimum absolute atomic E-state index is 0.580. The van der Waals surface area contributed by atoms with Crippen LogP contribution in [0.2, 0.25) is 0 Å². The molecule has 0 bridgehead atoms. The van der Waals surface area contributed by atoms with Crippen molar-refractivity contribution in [1.82, 2.24) is 10.1 Å². The lowest BCUT2D eigenvalue weighted by molar-refractivity contribution is 0.322. The maximum absolute atomic E-state index is 6.00. The van der Waals surface area contributed by atoms with Crippen LogP contribution in [0.5, 0.6) is 5.75 Å². The van der Waals surface area contributed by atoms with Gasteiger partial charge >= 0.3 is 0 Å². The van der Waals surface area contributed by atoms with E-state index >= 15 is 0 Å². The van der Waals surface area contributed by atoms with Crippen molar-refractivity contribution in [2.45, 2.75) is 20.3 Å². The van der Waals surface area contributed by atoms with Gasteiger partial charge in [0.15, 0.2) is 0 Å². The molecule has 0 saturated carbocycles. The smallest absolute Gasteiger partial charge is 0.127 e. The third-order valence-corrected chi connectivity index (χ3v) is 3.57. The van der Waals surface area contributed by atoms with Crippen LogP contribution >= 0.6 is 0 Å². The molecule has 0 N–H and O–H groups in total. The summed E-state index contributed by atoms with van der Waals surface area (Å²) in [6, 6.07) is 10.3. The molecule has 0 radical (unpaired) electrons. The molecule has 0 unspecified atom stereocenters. The van der Waals surface area contributed by atoms with E-state index in [1.54, 1.807) is 18.7 Å². The summed E-state index contributed by atoms with van der Waals surface area (Å²) in [6.45, 7) is 4.65. The highest BCUT2D eigenvalue weighted by Crippen LogP contribution is 2.32. The van der Waals surface area contributed by atoms with Crippen LogP contribution in [0, 0.1) is 13.8 Å². The van der Waals surface area contributed by atoms with Gasteiger partial charge in [-0.3, -0.25) is 4.98 Å². The Morgan fingerprint density at radius 1 is 1.14 bits per heavy atom. The fraction of sp³-hybridized carbons (Fsp3) is 0.222. The number of hydrogen-bond donors (Lipinski definition) is 0. The average Bonchev–Trinajstić information content (AvgIpc) is 3.02. The molecule has 2 heterocycles. The standard InChI is InChI=1S/C18H18N2O2/c1-13-5-6-17(16-4-3-8-19-14(16)2)18(10-13)21-9-7-15-11-20-22-12-15/h3-6,8,10-12H,7,9H2,1-2H3. The Bertz CT molecular complexity index is 752. The topological polar surface area (TPSA) is 48.2 Å². The molecule has 0 amide bonds. The van der Waals surface area contributed by atoms with E-state index in [-0.39, 0.29) is 0 Å². The van der Waals surface area contributed by atoms with Crippen molar-refractivity contribution < 1.29 is 9.26 Å². The second-order valence-electron chi connectivity index (χ2n) is 5.27. The molecule has 0 spiro atoms. The molecular formula is C18H18N2O2. The lowest BCUT2D eigenvalue weighted by Crippen LogP contribution is -2.02. The van der Waals surface area contributed by atoms with Gasteiger partial charge in [0.2, 0.25) is 0 Å². The summed E-state index contributed by atoms with van der Waals surface area (Å²) < 4.78 is 10.8. The summed E-state index contributed by atoms with van der Waals surface area (Å²) in [6.07, 6.45) is 5.93. The van der Waals surface area contributed by atoms with Crippen LogP contribution in [0.25, 0.3) is 11.1 Å². The van der Waals surface area contributed by atoms with Gasteiger partial charge in [-0.25, -0.2) is 0 Å². The molecule has 0 aliphatic carbocycles. The first-order chi connectivity index (χ1) is 10.7. The number of nitrogens with zero attached hydrogens (tertiary/aromatic N) is 2. The molecule has 0 aliphatic heterocycles. The van der Waals surface area contributed by atoms with E-state index in [0.717, 1.165) is 34.6 Å². The average molecular weight is 294 g/mol. The Morgan fingerprint density at radius 3 is 2.82 bits per heavy atom. The lowest BCUT2D eigenvalue weighted by Gasteiger charge is -2.13. The summed E-state index contributed by atoms with van der Waals surface area (Å²) in [4.78, 5) is 4.36. The largest absolute Gasteiger partial charge is 0.493 e. The molecule has 22 heavy (non-hydrogen) atoms. The van der Waals surface area contributed by atoms with Crippen LogP contribution in [-0.2, 0) is 6.42 Å². The second-order valence-corrected chi connectivity index (χ2v) is 5.27. The minimum Gasteiger partial charge on any atom is -0.493 e. The van der Waals surface area contributed by atoms with Gasteiger partial charge in [-0.1, -0.05) is 23.4 Å². The van der Waals surface area contributed by atoms with E-state index < -0.39 is 0 Å². The summed E-state index contributed by atoms with van der Waals surface area (Å²) in [5, 5.41) is 3.70. The molecular weight excluding hydrogens is 276 g/mol. The van der Waals surface area contributed by atoms with Gasteiger partial charge in [0.1, 0.15) is 12.0 Å². The van der Waals surface area contributed by atoms with Crippen molar-refractivity contribution in [1.29, 1.82) is 0 Å². The maximum atomic E-state index is 6.00. The van der Waals surface area contributed by atoms with E-state index in [0.29, 0.717) is 6.61 Å². The first kappa shape index (κ1) is 14.3. The molecule has 3 aromatic rings. The number of rotatable bonds is 5. The zero-order chi connectivity index (χ0) is 15.4. The van der Waals surface area contributed by atoms with Gasteiger partial charge in [-0.05, 0) is 31.5 Å². The monoisotopic (exact) mass is 294 g/mol. The molecule has 4 nitrogen and oxygen atoms in total. The van der Waals surface area contributed by atoms with Crippen molar-refractivity contribution in [2.24, 2.45) is 0 Å². The van der Waals surface area contributed by atoms with E-state index in [9.17, 15) is 0 Å². The Kier molecular flexibility index (Phi) is 4.19. The predicted molar refractivity (Wildman–Crippen MR) is 84.8 cm³/mol. The fourth-order valence-electron chi connectivity index (χ4n) is 2.37. The van der Waals surface area contributed by atoms with E-state index in [1.165, 1.54) is 5.56 Å². The third kappa shape index (κ3) is 3.17. The van der Waals surface area contributed by atoms with Crippen molar-refractivity contribution in [3.8, 4) is 16.9 Å². The van der Waals surface area contributed by atoms with E-state index in [2.05, 4.69) is 41.3 Å². The van der Waals surface area contributed by atoms with Gasteiger partial charge in [0.05, 0.1) is 12.8 Å². The number of hydrogen-bond acceptors (Lipinski definition) is 4. The highest BCUT2D eigenvalue weighted by Gasteiger charge is 2.10. The van der Waals surface area contributed by atoms with Crippen molar-refractivity contribution >= 4 is 0 Å². The third-order valence-electron chi connectivity index (χ3n) is 3.57. The van der Waals surface area contributed by atoms with Crippen LogP contribution in [0.4, 0.5) is 0 Å². The summed E-state index contributed by atoms with van der Waals surface area (Å²) in [7, 11) is 0. The first-order valence-electron chi connectivity index (χ1n) is 7.28. The molecule has 1 aromatic carbocycles. The Balaban J connectivity index is 1.83. The highest BCUT2D eigenvalue weighted by atomic mass is 16.5. The Morgan fingerprint density at radius 2 is 2.05 bits per heavy atom. The van der Waals surface area contributed by atoms with Crippen LogP contribution < -0.4 is 4.74 Å². The first-order valence-corrected chi connectivity index (χ1v) is 7.28. The highest BCUT2D eigenvalue weighted by molar-refractivity contribution is 5.72. The minimum atomic E-state index is 0.580. The SMILES string of the molecule is Cc1ccc(-c2cccnc2C)c(OCCc2cnoc2)c1. The molecule has 0 saturated heterocycles. The van der Waals surface area contributed by atoms with Crippen LogP contribution in [0.3, 0.4) is 0 Å². The normalized spacial score (nSPS) is 10.6. The summed E-state index contributed by atoms with van der Waals surface area (Å²) >= 11 is 0. The van der Waals surface area contributed by atoms with Gasteiger partial charge in [0, 0.05) is 35.0 Å². The zero-order valence-electron chi connectivity index (χ0n) is 12.7. The molecule has 0 aliphatic rings. The molecule has 4 heteroatoms. The summed E-state index contributed by atoms with van der Waals surface area (Å²) in [5.74, 6) is 0.882. The maximum Gasteiger partial charge on any atom is 0.127 e. The number of aromatic nitrogens is 2. The number of aryl methyl sites for hydroxylation is 2. The van der Waals surface area contributed by atoms with Crippen LogP contribution in [-0.4, -0.2) is 16.7 Å². The zero-order valence-corrected chi connectivity index (χ0v) is 12.7. The Hall–Kier alpha value is -2.62. The van der Waals surface area contributed by atoms with Gasteiger partial charge < -0.3 is 9.26 Å². The van der Waals surface area contributed by atoms with E-state index in [1.807, 2.05) is 13.0 Å². The quantitative estimate of drug-likeness (QED) is 0.714. The van der Waals surface area contributed by atoms with Crippen molar-refractivity contribution in [3.63, 3.8) is 0 Å². The molecule has 0 atom stereocenters. The van der Waals surface area contributed by atoms with Crippen LogP contribution in [0.15, 0.2) is 53.5 Å². The van der Waals surface area contributed by atoms with Gasteiger partial charge in [-0.15, -0.1) is 0 Å². The molecule has 2 aromatic heterocycles. The lowest BCUT2D eigenvalue weighted by atomic mass is 10.0. The van der Waals surface area contributed by atoms with Crippen LogP contribution in [0.1, 0.15) is 16.8 Å². The molecule has 0 fully saturated rings. The number of benzene rings is 1. The van der Waals surface area contributed by atoms with E-state index in [4.69, 9.17) is 9.26 Å². The van der Waals surface area contributed by atoms with Gasteiger partial charge in [0.25, 0.3) is 0 Å². The second kappa shape index (κ2) is 6.43. The summed E-state index contributed by atoms with van der Waals surface area (Å²) in [5.41, 5.74) is 5.37. The molecule has 112 valence electrons. The van der Waals surface area contributed by atoms with Gasteiger partial charge in [-0.2, -0.15) is 0 Å².